The van der Waals surface area contributed by atoms with Crippen LogP contribution >= 0.6 is 0 Å². The second kappa shape index (κ2) is 7.91. The van der Waals surface area contributed by atoms with Gasteiger partial charge in [-0.3, -0.25) is 0 Å². The smallest absolute Gasteiger partial charge is 0.0632 e. The number of hydrogen-bond donors (Lipinski definition) is 0. The maximum Gasteiger partial charge on any atom is 0.114 e. The van der Waals surface area contributed by atoms with Crippen molar-refractivity contribution in [1.29, 1.82) is 0 Å². The molecule has 0 saturated carbocycles. The summed E-state index contributed by atoms with van der Waals surface area (Å²) in [6, 6.07) is 44.9. The molecule has 2 heteroatoms. The lowest BCUT2D eigenvalue weighted by molar-refractivity contribution is 1.70. The summed E-state index contributed by atoms with van der Waals surface area (Å²) in [5.41, 5.74) is 0. The Morgan fingerprint density at radius 1 is 0.444 bits per heavy atom. The van der Waals surface area contributed by atoms with Gasteiger partial charge in [0.15, 0.2) is 0 Å². The molecular formula is C25H24Si2. The molecule has 0 spiro atoms. The van der Waals surface area contributed by atoms with Crippen molar-refractivity contribution in [2.75, 3.05) is 0 Å². The van der Waals surface area contributed by atoms with Gasteiger partial charge >= 0.3 is 0 Å². The Hall–Kier alpha value is -2.69. The maximum absolute atomic E-state index is 2.58. The van der Waals surface area contributed by atoms with E-state index < -0.39 is 15.9 Å². The highest BCUT2D eigenvalue weighted by molar-refractivity contribution is 7.51. The zero-order valence-corrected chi connectivity index (χ0v) is 17.8. The second-order valence-electron chi connectivity index (χ2n) is 7.19. The Kier molecular flexibility index (Phi) is 5.19. The van der Waals surface area contributed by atoms with Crippen LogP contribution in [0.2, 0.25) is 6.55 Å². The summed E-state index contributed by atoms with van der Waals surface area (Å²) < 4.78 is 0. The van der Waals surface area contributed by atoms with Crippen LogP contribution in [0.3, 0.4) is 0 Å². The third kappa shape index (κ3) is 3.46. The SMILES string of the molecule is C[Si](c1ccccc1)(c1ccccc1)[SiH](c1ccccc1)c1ccccc1. The Bertz CT molecular complexity index is 889. The van der Waals surface area contributed by atoms with Gasteiger partial charge in [-0.2, -0.15) is 0 Å². The molecule has 4 aromatic carbocycles. The van der Waals surface area contributed by atoms with Crippen LogP contribution in [0.5, 0.6) is 0 Å². The number of benzene rings is 4. The van der Waals surface area contributed by atoms with E-state index in [0.717, 1.165) is 0 Å². The molecule has 27 heavy (non-hydrogen) atoms. The summed E-state index contributed by atoms with van der Waals surface area (Å²) >= 11 is 0. The lowest BCUT2D eigenvalue weighted by atomic mass is 10.4. The summed E-state index contributed by atoms with van der Waals surface area (Å²) in [5.74, 6) is 0. The zero-order valence-electron chi connectivity index (χ0n) is 15.6. The van der Waals surface area contributed by atoms with Crippen molar-refractivity contribution >= 4 is 36.7 Å². The Balaban J connectivity index is 2.01. The highest BCUT2D eigenvalue weighted by atomic mass is 29.2. The molecular weight excluding hydrogens is 356 g/mol. The lowest BCUT2D eigenvalue weighted by Crippen LogP contribution is -2.74. The first-order chi connectivity index (χ1) is 13.3. The fourth-order valence-corrected chi connectivity index (χ4v) is 18.2. The highest BCUT2D eigenvalue weighted by Crippen LogP contribution is 2.11. The molecule has 4 rings (SSSR count). The van der Waals surface area contributed by atoms with Crippen molar-refractivity contribution in [1.82, 2.24) is 0 Å². The molecule has 4 aromatic rings. The number of rotatable bonds is 5. The van der Waals surface area contributed by atoms with E-state index in [1.807, 2.05) is 0 Å². The summed E-state index contributed by atoms with van der Waals surface area (Å²) in [5, 5.41) is 6.12. The standard InChI is InChI=1S/C25H24Si2/c1-27(24-18-10-4-11-19-24,25-20-12-5-13-21-25)26(22-14-6-2-7-15-22)23-16-8-3-9-17-23/h2-21,26H,1H3. The van der Waals surface area contributed by atoms with Crippen molar-refractivity contribution in [3.05, 3.63) is 121 Å². The first-order valence-corrected chi connectivity index (χ1v) is 15.0. The van der Waals surface area contributed by atoms with Gasteiger partial charge in [0.25, 0.3) is 0 Å². The average molecular weight is 381 g/mol. The summed E-state index contributed by atoms with van der Waals surface area (Å²) in [4.78, 5) is 0. The van der Waals surface area contributed by atoms with Gasteiger partial charge in [-0.05, 0) is 0 Å². The van der Waals surface area contributed by atoms with E-state index >= 15 is 0 Å². The lowest BCUT2D eigenvalue weighted by Gasteiger charge is -2.37. The van der Waals surface area contributed by atoms with Crippen molar-refractivity contribution < 1.29 is 0 Å². The molecule has 0 fully saturated rings. The van der Waals surface area contributed by atoms with Crippen molar-refractivity contribution in [3.8, 4) is 0 Å². The summed E-state index contributed by atoms with van der Waals surface area (Å²) in [6.07, 6.45) is 0. The first kappa shape index (κ1) is 17.7. The van der Waals surface area contributed by atoms with Crippen molar-refractivity contribution in [2.24, 2.45) is 0 Å². The monoisotopic (exact) mass is 380 g/mol. The molecule has 0 N–H and O–H groups in total. The molecule has 0 bridgehead atoms. The van der Waals surface area contributed by atoms with Gasteiger partial charge in [0.05, 0.1) is 0 Å². The van der Waals surface area contributed by atoms with Crippen LogP contribution in [0.1, 0.15) is 0 Å². The van der Waals surface area contributed by atoms with Crippen LogP contribution in [0.25, 0.3) is 0 Å². The largest absolute Gasteiger partial charge is 0.114 e. The molecule has 0 atom stereocenters. The van der Waals surface area contributed by atoms with Gasteiger partial charge in [0.2, 0.25) is 0 Å². The van der Waals surface area contributed by atoms with Gasteiger partial charge in [0, 0.05) is 0 Å². The summed E-state index contributed by atoms with van der Waals surface area (Å²) in [7, 11) is -3.47. The van der Waals surface area contributed by atoms with Gasteiger partial charge in [0.1, 0.15) is 15.9 Å². The molecule has 0 aliphatic rings. The van der Waals surface area contributed by atoms with E-state index in [0.29, 0.717) is 0 Å². The maximum atomic E-state index is 2.58. The zero-order chi connectivity index (χ0) is 18.5. The van der Waals surface area contributed by atoms with E-state index in [1.165, 1.54) is 20.7 Å². The van der Waals surface area contributed by atoms with E-state index in [-0.39, 0.29) is 0 Å². The van der Waals surface area contributed by atoms with Gasteiger partial charge in [-0.15, -0.1) is 0 Å². The van der Waals surface area contributed by atoms with Crippen LogP contribution in [-0.2, 0) is 0 Å². The molecule has 0 nitrogen and oxygen atoms in total. The van der Waals surface area contributed by atoms with Gasteiger partial charge < -0.3 is 0 Å². The molecule has 0 saturated heterocycles. The van der Waals surface area contributed by atoms with Gasteiger partial charge in [-0.25, -0.2) is 0 Å². The molecule has 0 unspecified atom stereocenters. The molecule has 0 aliphatic heterocycles. The molecule has 0 heterocycles. The minimum atomic E-state index is -1.97. The Morgan fingerprint density at radius 2 is 0.741 bits per heavy atom. The second-order valence-corrected chi connectivity index (χ2v) is 18.1. The molecule has 0 aromatic heterocycles. The van der Waals surface area contributed by atoms with Crippen LogP contribution in [0, 0.1) is 0 Å². The third-order valence-electron chi connectivity index (χ3n) is 5.59. The van der Waals surface area contributed by atoms with Crippen LogP contribution in [-0.4, -0.2) is 15.9 Å². The van der Waals surface area contributed by atoms with E-state index in [1.54, 1.807) is 0 Å². The van der Waals surface area contributed by atoms with Gasteiger partial charge in [-0.1, -0.05) is 149 Å². The fourth-order valence-electron chi connectivity index (χ4n) is 4.22. The van der Waals surface area contributed by atoms with E-state index in [2.05, 4.69) is 128 Å². The predicted octanol–water partition coefficient (Wildman–Crippen LogP) is 3.00. The van der Waals surface area contributed by atoms with E-state index in [9.17, 15) is 0 Å². The quantitative estimate of drug-likeness (QED) is 0.467. The summed E-state index contributed by atoms with van der Waals surface area (Å²) in [6.45, 7) is 2.58. The topological polar surface area (TPSA) is 0 Å². The van der Waals surface area contributed by atoms with Crippen LogP contribution in [0.15, 0.2) is 121 Å². The van der Waals surface area contributed by atoms with Crippen LogP contribution < -0.4 is 20.7 Å². The fraction of sp³-hybridized carbons (Fsp3) is 0.0400. The van der Waals surface area contributed by atoms with Crippen LogP contribution in [0.4, 0.5) is 0 Å². The van der Waals surface area contributed by atoms with Crippen molar-refractivity contribution in [2.45, 2.75) is 6.55 Å². The normalized spacial score (nSPS) is 11.5. The molecule has 132 valence electrons. The number of hydrogen-bond acceptors (Lipinski definition) is 0. The Morgan fingerprint density at radius 3 is 1.07 bits per heavy atom. The molecule has 0 amide bonds. The predicted molar refractivity (Wildman–Crippen MR) is 123 cm³/mol. The van der Waals surface area contributed by atoms with E-state index in [4.69, 9.17) is 0 Å². The average Bonchev–Trinajstić information content (AvgIpc) is 2.76. The Labute approximate surface area is 164 Å². The minimum absolute atomic E-state index is 1.49. The first-order valence-electron chi connectivity index (χ1n) is 9.51. The highest BCUT2D eigenvalue weighted by Gasteiger charge is 2.43. The van der Waals surface area contributed by atoms with Crippen molar-refractivity contribution in [3.63, 3.8) is 0 Å². The molecule has 0 aliphatic carbocycles. The third-order valence-corrected chi connectivity index (χ3v) is 19.4. The molecule has 0 radical (unpaired) electrons. The minimum Gasteiger partial charge on any atom is -0.0632 e.